The number of anilines is 1. The molecule has 10 N–H and O–H groups in total. The number of carbonyl (C=O) groups excluding carboxylic acids is 2. The number of nitrogen functional groups attached to an aromatic ring is 1. The number of carbonyl (C=O) groups is 3. The summed E-state index contributed by atoms with van der Waals surface area (Å²) in [6, 6.07) is 0. The molecule has 4 heterocycles. The van der Waals surface area contributed by atoms with E-state index in [-0.39, 0.29) is 52.0 Å². The first kappa shape index (κ1) is 26.4. The molecular weight excluding hydrogens is 546 g/mol. The molecule has 0 spiro atoms. The van der Waals surface area contributed by atoms with E-state index in [1.807, 2.05) is 0 Å². The van der Waals surface area contributed by atoms with Gasteiger partial charge in [-0.05, 0) is 13.0 Å². The Morgan fingerprint density at radius 3 is 2.78 bits per heavy atom. The lowest BCUT2D eigenvalue weighted by molar-refractivity contribution is -0.153. The first-order valence-corrected chi connectivity index (χ1v) is 12.7. The highest BCUT2D eigenvalue weighted by molar-refractivity contribution is 8.00. The fraction of sp³-hybridized carbons (Fsp3) is 0.333. The number of carboxylic acids is 1. The maximum atomic E-state index is 13.5. The van der Waals surface area contributed by atoms with Crippen molar-refractivity contribution in [3.05, 3.63) is 29.0 Å². The van der Waals surface area contributed by atoms with Crippen LogP contribution < -0.4 is 28.4 Å². The molecule has 2 amide bonds. The fourth-order valence-corrected chi connectivity index (χ4v) is 5.97. The van der Waals surface area contributed by atoms with Crippen molar-refractivity contribution in [3.63, 3.8) is 0 Å². The Labute approximate surface area is 222 Å². The molecular formula is C18H21N11O5S3. The molecule has 0 radical (unpaired) electrons. The number of aliphatic imine (C=N–C) groups is 1. The Bertz CT molecular complexity index is 1310. The SMILES string of the molecule is CCO/N=C(\C(=O)NC1(C=S)C(=O)N2C(C(=O)O)=C(C3=NC(N)=CC(N)N3N)CS[C@H]21)c1nsc(N)n1. The zero-order chi connectivity index (χ0) is 27.1. The first-order valence-electron chi connectivity index (χ1n) is 10.4. The summed E-state index contributed by atoms with van der Waals surface area (Å²) >= 11 is 7.10. The Kier molecular flexibility index (Phi) is 7.15. The van der Waals surface area contributed by atoms with Gasteiger partial charge in [-0.3, -0.25) is 19.5 Å². The second-order valence-electron chi connectivity index (χ2n) is 7.65. The third-order valence-corrected chi connectivity index (χ3v) is 7.65. The molecule has 0 aliphatic carbocycles. The molecule has 1 saturated heterocycles. The summed E-state index contributed by atoms with van der Waals surface area (Å²) in [5.41, 5.74) is 15.0. The second-order valence-corrected chi connectivity index (χ2v) is 9.74. The van der Waals surface area contributed by atoms with Gasteiger partial charge in [-0.15, -0.1) is 11.8 Å². The largest absolute Gasteiger partial charge is 0.477 e. The molecule has 1 aromatic heterocycles. The van der Waals surface area contributed by atoms with Crippen LogP contribution in [-0.4, -0.2) is 88.5 Å². The summed E-state index contributed by atoms with van der Waals surface area (Å²) in [6.07, 6.45) is 0.525. The zero-order valence-corrected chi connectivity index (χ0v) is 21.5. The molecule has 19 heteroatoms. The van der Waals surface area contributed by atoms with Crippen molar-refractivity contribution in [2.24, 2.45) is 27.5 Å². The van der Waals surface area contributed by atoms with Gasteiger partial charge < -0.3 is 32.5 Å². The predicted molar refractivity (Wildman–Crippen MR) is 138 cm³/mol. The predicted octanol–water partition coefficient (Wildman–Crippen LogP) is -2.36. The van der Waals surface area contributed by atoms with Gasteiger partial charge in [-0.1, -0.05) is 17.4 Å². The van der Waals surface area contributed by atoms with Crippen LogP contribution in [-0.2, 0) is 19.2 Å². The summed E-state index contributed by atoms with van der Waals surface area (Å²) in [7, 11) is 0. The zero-order valence-electron chi connectivity index (χ0n) is 19.0. The number of amides is 2. The molecule has 1 fully saturated rings. The van der Waals surface area contributed by atoms with Crippen LogP contribution in [0.4, 0.5) is 5.13 Å². The molecule has 16 nitrogen and oxygen atoms in total. The van der Waals surface area contributed by atoms with Gasteiger partial charge in [0, 0.05) is 28.2 Å². The van der Waals surface area contributed by atoms with Crippen LogP contribution in [0.3, 0.4) is 0 Å². The molecule has 196 valence electrons. The number of hydrazine groups is 1. The summed E-state index contributed by atoms with van der Waals surface area (Å²) in [4.78, 5) is 53.0. The molecule has 37 heavy (non-hydrogen) atoms. The summed E-state index contributed by atoms with van der Waals surface area (Å²) in [5, 5.41) is 17.6. The standard InChI is InChI=1S/C18H21N11O5S3/c1-2-34-26-9(11-24-17(21)37-27-11)13(30)25-18(5-35)15(33)28-10(14(31)32)6(4-36-16(18)28)12-23-7(19)3-8(20)29(12)22/h3,5,8,16H,2,4,19-20,22H2,1H3,(H,25,30)(H,31,32)(H2,21,24,27)/b26-9-/t8?,16-,18?/m0/s1. The summed E-state index contributed by atoms with van der Waals surface area (Å²) < 4.78 is 3.96. The average molecular weight is 568 g/mol. The lowest BCUT2D eigenvalue weighted by atomic mass is 9.87. The van der Waals surface area contributed by atoms with E-state index < -0.39 is 34.9 Å². The number of aromatic nitrogens is 2. The van der Waals surface area contributed by atoms with Gasteiger partial charge in [-0.25, -0.2) is 15.6 Å². The van der Waals surface area contributed by atoms with Crippen LogP contribution in [0.2, 0.25) is 0 Å². The molecule has 2 unspecified atom stereocenters. The van der Waals surface area contributed by atoms with Crippen molar-refractivity contribution < 1.29 is 24.3 Å². The Morgan fingerprint density at radius 2 is 2.19 bits per heavy atom. The highest BCUT2D eigenvalue weighted by Gasteiger charge is 2.65. The number of thiocarbonyl (C=S) groups is 1. The Balaban J connectivity index is 1.69. The van der Waals surface area contributed by atoms with E-state index in [9.17, 15) is 19.5 Å². The number of hydrogen-bond donors (Lipinski definition) is 6. The third-order valence-electron chi connectivity index (χ3n) is 5.38. The van der Waals surface area contributed by atoms with E-state index in [1.165, 1.54) is 6.08 Å². The number of fused-ring (bicyclic) bond motifs is 1. The Morgan fingerprint density at radius 1 is 1.46 bits per heavy atom. The van der Waals surface area contributed by atoms with E-state index in [2.05, 4.69) is 24.8 Å². The number of oxime groups is 1. The van der Waals surface area contributed by atoms with Gasteiger partial charge >= 0.3 is 5.97 Å². The molecule has 0 saturated carbocycles. The van der Waals surface area contributed by atoms with Crippen molar-refractivity contribution in [1.29, 1.82) is 0 Å². The van der Waals surface area contributed by atoms with Crippen molar-refractivity contribution in [3.8, 4) is 0 Å². The number of β-lactam (4-membered cyclic amide) rings is 1. The van der Waals surface area contributed by atoms with Crippen LogP contribution in [0.1, 0.15) is 12.7 Å². The quantitative estimate of drug-likeness (QED) is 0.0632. The molecule has 0 bridgehead atoms. The van der Waals surface area contributed by atoms with E-state index in [1.54, 1.807) is 6.92 Å². The van der Waals surface area contributed by atoms with Crippen LogP contribution in [0, 0.1) is 0 Å². The van der Waals surface area contributed by atoms with Gasteiger partial charge in [-0.2, -0.15) is 9.36 Å². The number of nitrogens with zero attached hydrogens (tertiary/aromatic N) is 6. The molecule has 3 atom stereocenters. The van der Waals surface area contributed by atoms with Crippen molar-refractivity contribution in [2.45, 2.75) is 24.0 Å². The maximum Gasteiger partial charge on any atom is 0.353 e. The number of rotatable bonds is 8. The highest BCUT2D eigenvalue weighted by atomic mass is 32.2. The fourth-order valence-electron chi connectivity index (χ4n) is 3.73. The number of amidine groups is 1. The van der Waals surface area contributed by atoms with Crippen molar-refractivity contribution in [1.82, 2.24) is 24.6 Å². The van der Waals surface area contributed by atoms with E-state index in [4.69, 9.17) is 40.1 Å². The topological polar surface area (TPSA) is 254 Å². The van der Waals surface area contributed by atoms with Gasteiger partial charge in [0.05, 0.1) is 0 Å². The highest BCUT2D eigenvalue weighted by Crippen LogP contribution is 2.46. The van der Waals surface area contributed by atoms with Gasteiger partial charge in [0.25, 0.3) is 11.8 Å². The minimum atomic E-state index is -1.75. The molecule has 4 rings (SSSR count). The molecule has 3 aliphatic rings. The minimum Gasteiger partial charge on any atom is -0.477 e. The normalized spacial score (nSPS) is 25.6. The average Bonchev–Trinajstić information content (AvgIpc) is 3.29. The van der Waals surface area contributed by atoms with E-state index in [0.717, 1.165) is 38.6 Å². The van der Waals surface area contributed by atoms with Gasteiger partial charge in [0.15, 0.2) is 16.5 Å². The number of nitrogens with two attached hydrogens (primary N) is 4. The minimum absolute atomic E-state index is 0.00543. The smallest absolute Gasteiger partial charge is 0.353 e. The maximum absolute atomic E-state index is 13.5. The molecule has 0 aromatic carbocycles. The number of nitrogens with one attached hydrogen (secondary N) is 1. The van der Waals surface area contributed by atoms with Gasteiger partial charge in [0.2, 0.25) is 11.5 Å². The third kappa shape index (κ3) is 4.39. The number of thioether (sulfide) groups is 1. The van der Waals surface area contributed by atoms with Crippen LogP contribution in [0.25, 0.3) is 0 Å². The van der Waals surface area contributed by atoms with E-state index >= 15 is 0 Å². The van der Waals surface area contributed by atoms with Crippen LogP contribution in [0.5, 0.6) is 0 Å². The van der Waals surface area contributed by atoms with E-state index in [0.29, 0.717) is 0 Å². The summed E-state index contributed by atoms with van der Waals surface area (Å²) in [6.45, 7) is 1.79. The monoisotopic (exact) mass is 567 g/mol. The first-order chi connectivity index (χ1) is 17.5. The number of carboxylic acid groups (broad SMARTS) is 1. The molecule has 3 aliphatic heterocycles. The molecule has 1 aromatic rings. The lowest BCUT2D eigenvalue weighted by Gasteiger charge is -2.55. The Hall–Kier alpha value is -3.65. The van der Waals surface area contributed by atoms with Crippen LogP contribution >= 0.6 is 35.5 Å². The second kappa shape index (κ2) is 10.0. The lowest BCUT2D eigenvalue weighted by Crippen LogP contribution is -2.81. The van der Waals surface area contributed by atoms with Crippen LogP contribution in [0.15, 0.2) is 33.3 Å². The van der Waals surface area contributed by atoms with Crippen molar-refractivity contribution in [2.75, 3.05) is 18.1 Å². The summed E-state index contributed by atoms with van der Waals surface area (Å²) in [5.74, 6) is 2.89. The van der Waals surface area contributed by atoms with Gasteiger partial charge in [0.1, 0.15) is 29.7 Å². The van der Waals surface area contributed by atoms with Crippen molar-refractivity contribution >= 4 is 75.3 Å². The number of aliphatic carboxylic acids is 1. The number of hydrogen-bond acceptors (Lipinski definition) is 16.